The second kappa shape index (κ2) is 8.52. The normalized spacial score (nSPS) is 15.3. The van der Waals surface area contributed by atoms with E-state index in [1.807, 2.05) is 6.07 Å². The molecule has 27 heavy (non-hydrogen) atoms. The molecule has 0 atom stereocenters. The summed E-state index contributed by atoms with van der Waals surface area (Å²) in [7, 11) is 0. The summed E-state index contributed by atoms with van der Waals surface area (Å²) in [6.07, 6.45) is 3.35. The van der Waals surface area contributed by atoms with Gasteiger partial charge in [0.2, 0.25) is 0 Å². The first-order chi connectivity index (χ1) is 13.0. The predicted molar refractivity (Wildman–Crippen MR) is 113 cm³/mol. The zero-order valence-electron chi connectivity index (χ0n) is 14.1. The third-order valence-corrected chi connectivity index (χ3v) is 5.26. The molecular weight excluding hydrogens is 402 g/mol. The second-order valence-electron chi connectivity index (χ2n) is 5.55. The quantitative estimate of drug-likeness (QED) is 0.227. The highest BCUT2D eigenvalue weighted by atomic mass is 35.5. The molecule has 1 aliphatic heterocycles. The van der Waals surface area contributed by atoms with Gasteiger partial charge >= 0.3 is 5.97 Å². The molecule has 136 valence electrons. The van der Waals surface area contributed by atoms with Gasteiger partial charge in [0.1, 0.15) is 10.1 Å². The van der Waals surface area contributed by atoms with Gasteiger partial charge in [-0.15, -0.1) is 6.58 Å². The van der Waals surface area contributed by atoms with E-state index in [9.17, 15) is 9.59 Å². The van der Waals surface area contributed by atoms with Gasteiger partial charge in [-0.25, -0.2) is 4.79 Å². The molecule has 1 aliphatic rings. The van der Waals surface area contributed by atoms with Crippen LogP contribution in [-0.4, -0.2) is 27.6 Å². The van der Waals surface area contributed by atoms with E-state index in [4.69, 9.17) is 28.6 Å². The lowest BCUT2D eigenvalue weighted by Gasteiger charge is -2.10. The Morgan fingerprint density at radius 3 is 2.70 bits per heavy atom. The van der Waals surface area contributed by atoms with Crippen LogP contribution in [0.1, 0.15) is 15.9 Å². The van der Waals surface area contributed by atoms with Crippen molar-refractivity contribution in [1.29, 1.82) is 0 Å². The number of hydrogen-bond donors (Lipinski definition) is 0. The van der Waals surface area contributed by atoms with Crippen LogP contribution in [-0.2, 0) is 4.79 Å². The van der Waals surface area contributed by atoms with Crippen LogP contribution in [0.25, 0.3) is 6.08 Å². The lowest BCUT2D eigenvalue weighted by Crippen LogP contribution is -2.27. The van der Waals surface area contributed by atoms with Gasteiger partial charge in [-0.1, -0.05) is 53.8 Å². The Morgan fingerprint density at radius 2 is 2.00 bits per heavy atom. The molecule has 0 radical (unpaired) electrons. The smallest absolute Gasteiger partial charge is 0.343 e. The minimum atomic E-state index is -0.485. The van der Waals surface area contributed by atoms with E-state index < -0.39 is 5.97 Å². The van der Waals surface area contributed by atoms with Gasteiger partial charge in [-0.3, -0.25) is 9.69 Å². The number of carbonyl (C=O) groups is 2. The van der Waals surface area contributed by atoms with Crippen molar-refractivity contribution in [1.82, 2.24) is 4.90 Å². The Hall–Kier alpha value is -2.41. The molecule has 7 heteroatoms. The number of carbonyl (C=O) groups excluding carboxylic acids is 2. The van der Waals surface area contributed by atoms with Crippen molar-refractivity contribution in [2.75, 3.05) is 6.54 Å². The van der Waals surface area contributed by atoms with Crippen LogP contribution in [0, 0.1) is 0 Å². The van der Waals surface area contributed by atoms with Gasteiger partial charge in [0.05, 0.1) is 10.5 Å². The van der Waals surface area contributed by atoms with Crippen molar-refractivity contribution in [3.8, 4) is 5.75 Å². The zero-order chi connectivity index (χ0) is 19.4. The molecule has 1 saturated heterocycles. The first kappa shape index (κ1) is 19.4. The van der Waals surface area contributed by atoms with E-state index in [-0.39, 0.29) is 5.91 Å². The van der Waals surface area contributed by atoms with Crippen LogP contribution in [0.5, 0.6) is 5.75 Å². The summed E-state index contributed by atoms with van der Waals surface area (Å²) in [6, 6.07) is 13.4. The fourth-order valence-corrected chi connectivity index (χ4v) is 3.76. The lowest BCUT2D eigenvalue weighted by atomic mass is 10.2. The molecule has 1 amide bonds. The summed E-state index contributed by atoms with van der Waals surface area (Å²) in [5.41, 5.74) is 1.13. The number of halogens is 1. The number of amides is 1. The minimum absolute atomic E-state index is 0.159. The molecule has 0 spiro atoms. The summed E-state index contributed by atoms with van der Waals surface area (Å²) in [5.74, 6) is -0.264. The van der Waals surface area contributed by atoms with Crippen molar-refractivity contribution in [3.63, 3.8) is 0 Å². The highest BCUT2D eigenvalue weighted by Crippen LogP contribution is 2.32. The number of ether oxygens (including phenoxy) is 1. The highest BCUT2D eigenvalue weighted by Gasteiger charge is 2.30. The molecule has 0 aromatic heterocycles. The molecule has 0 N–H and O–H groups in total. The molecule has 1 heterocycles. The van der Waals surface area contributed by atoms with E-state index in [0.29, 0.717) is 32.1 Å². The molecule has 3 rings (SSSR count). The summed E-state index contributed by atoms with van der Waals surface area (Å²) in [4.78, 5) is 26.6. The van der Waals surface area contributed by atoms with Crippen LogP contribution in [0.3, 0.4) is 0 Å². The van der Waals surface area contributed by atoms with Gasteiger partial charge < -0.3 is 4.74 Å². The molecular formula is C20H14ClNO3S2. The average Bonchev–Trinajstić information content (AvgIpc) is 2.90. The number of esters is 1. The van der Waals surface area contributed by atoms with Crippen molar-refractivity contribution in [3.05, 3.63) is 82.2 Å². The molecule has 2 aromatic rings. The largest absolute Gasteiger partial charge is 0.423 e. The third kappa shape index (κ3) is 4.66. The molecule has 0 unspecified atom stereocenters. The van der Waals surface area contributed by atoms with Crippen molar-refractivity contribution < 1.29 is 14.3 Å². The van der Waals surface area contributed by atoms with Crippen LogP contribution < -0.4 is 4.74 Å². The standard InChI is InChI=1S/C20H14ClNO3S2/c1-2-10-22-18(23)17(27-20(22)26)12-13-4-3-5-16(11-13)25-19(24)14-6-8-15(21)9-7-14/h2-9,11-12H,1,10H2/b17-12-. The van der Waals surface area contributed by atoms with E-state index in [1.165, 1.54) is 16.7 Å². The Bertz CT molecular complexity index is 954. The Morgan fingerprint density at radius 1 is 1.26 bits per heavy atom. The minimum Gasteiger partial charge on any atom is -0.423 e. The van der Waals surface area contributed by atoms with E-state index in [1.54, 1.807) is 54.6 Å². The maximum atomic E-state index is 12.4. The second-order valence-corrected chi connectivity index (χ2v) is 7.66. The Balaban J connectivity index is 1.77. The Kier molecular flexibility index (Phi) is 6.11. The Labute approximate surface area is 171 Å². The van der Waals surface area contributed by atoms with Gasteiger partial charge in [0, 0.05) is 11.6 Å². The number of thioether (sulfide) groups is 1. The van der Waals surface area contributed by atoms with Crippen LogP contribution in [0.2, 0.25) is 5.02 Å². The first-order valence-electron chi connectivity index (χ1n) is 7.92. The molecule has 0 saturated carbocycles. The lowest BCUT2D eigenvalue weighted by molar-refractivity contribution is -0.121. The van der Waals surface area contributed by atoms with E-state index in [0.717, 1.165) is 5.56 Å². The number of nitrogens with zero attached hydrogens (tertiary/aromatic N) is 1. The molecule has 0 aliphatic carbocycles. The van der Waals surface area contributed by atoms with Crippen LogP contribution >= 0.6 is 35.6 Å². The third-order valence-electron chi connectivity index (χ3n) is 3.63. The van der Waals surface area contributed by atoms with Crippen molar-refractivity contribution >= 4 is 57.9 Å². The number of rotatable bonds is 5. The summed E-state index contributed by atoms with van der Waals surface area (Å²) < 4.78 is 5.90. The molecule has 1 fully saturated rings. The van der Waals surface area contributed by atoms with E-state index in [2.05, 4.69) is 6.58 Å². The number of thiocarbonyl (C=S) groups is 1. The topological polar surface area (TPSA) is 46.6 Å². The monoisotopic (exact) mass is 415 g/mol. The molecule has 2 aromatic carbocycles. The summed E-state index contributed by atoms with van der Waals surface area (Å²) >= 11 is 12.3. The van der Waals surface area contributed by atoms with Crippen molar-refractivity contribution in [2.24, 2.45) is 0 Å². The SMILES string of the molecule is C=CCN1C(=O)/C(=C/c2cccc(OC(=O)c3ccc(Cl)cc3)c2)SC1=S. The first-order valence-corrected chi connectivity index (χ1v) is 9.52. The summed E-state index contributed by atoms with van der Waals surface area (Å²) in [6.45, 7) is 4.01. The number of hydrogen-bond acceptors (Lipinski definition) is 5. The predicted octanol–water partition coefficient (Wildman–Crippen LogP) is 4.95. The summed E-state index contributed by atoms with van der Waals surface area (Å²) in [5, 5.41) is 0.544. The maximum absolute atomic E-state index is 12.4. The van der Waals surface area contributed by atoms with Gasteiger partial charge in [-0.2, -0.15) is 0 Å². The zero-order valence-corrected chi connectivity index (χ0v) is 16.4. The van der Waals surface area contributed by atoms with Crippen molar-refractivity contribution in [2.45, 2.75) is 0 Å². The highest BCUT2D eigenvalue weighted by molar-refractivity contribution is 8.26. The van der Waals surface area contributed by atoms with Crippen LogP contribution in [0.15, 0.2) is 66.1 Å². The fourth-order valence-electron chi connectivity index (χ4n) is 2.36. The molecule has 0 bridgehead atoms. The van der Waals surface area contributed by atoms with Gasteiger partial charge in [-0.05, 0) is 48.0 Å². The number of benzene rings is 2. The van der Waals surface area contributed by atoms with Gasteiger partial charge in [0.25, 0.3) is 5.91 Å². The maximum Gasteiger partial charge on any atom is 0.343 e. The molecule has 4 nitrogen and oxygen atoms in total. The van der Waals surface area contributed by atoms with Crippen LogP contribution in [0.4, 0.5) is 0 Å². The van der Waals surface area contributed by atoms with Gasteiger partial charge in [0.15, 0.2) is 0 Å². The average molecular weight is 416 g/mol. The van der Waals surface area contributed by atoms with E-state index >= 15 is 0 Å². The fraction of sp³-hybridized carbons (Fsp3) is 0.0500.